The zero-order valence-corrected chi connectivity index (χ0v) is 8.11. The van der Waals surface area contributed by atoms with Gasteiger partial charge in [-0.05, 0) is 6.92 Å². The van der Waals surface area contributed by atoms with E-state index in [0.717, 1.165) is 0 Å². The van der Waals surface area contributed by atoms with Gasteiger partial charge in [0.05, 0.1) is 12.6 Å². The van der Waals surface area contributed by atoms with Gasteiger partial charge in [0.25, 0.3) is 0 Å². The van der Waals surface area contributed by atoms with Crippen LogP contribution in [0.1, 0.15) is 6.92 Å². The van der Waals surface area contributed by atoms with Gasteiger partial charge in [-0.3, -0.25) is 10.1 Å². The third kappa shape index (κ3) is 4.32. The third-order valence-corrected chi connectivity index (χ3v) is 1.62. The van der Waals surface area contributed by atoms with Crippen molar-refractivity contribution in [1.82, 2.24) is 10.2 Å². The summed E-state index contributed by atoms with van der Waals surface area (Å²) in [7, 11) is 3.33. The lowest BCUT2D eigenvalue weighted by atomic mass is 10.3. The molecular weight excluding hydrogens is 172 g/mol. The monoisotopic (exact) mass is 188 g/mol. The Bertz CT molecular complexity index is 203. The maximum absolute atomic E-state index is 11.1. The number of hydrogen-bond donors (Lipinski definition) is 3. The first-order valence-electron chi connectivity index (χ1n) is 3.90. The molecule has 6 heteroatoms. The topological polar surface area (TPSA) is 91.0 Å². The number of nitrogens with two attached hydrogens (primary N) is 1. The zero-order valence-electron chi connectivity index (χ0n) is 8.11. The average molecular weight is 188 g/mol. The largest absolute Gasteiger partial charge is 0.409 e. The molecule has 0 fully saturated rings. The van der Waals surface area contributed by atoms with Gasteiger partial charge in [0, 0.05) is 14.1 Å². The summed E-state index contributed by atoms with van der Waals surface area (Å²) in [5, 5.41) is 13.9. The number of carbonyl (C=O) groups excluding carboxylic acids is 1. The summed E-state index contributed by atoms with van der Waals surface area (Å²) in [4.78, 5) is 12.5. The predicted molar refractivity (Wildman–Crippen MR) is 49.6 cm³/mol. The van der Waals surface area contributed by atoms with Crippen LogP contribution in [0.15, 0.2) is 5.16 Å². The highest BCUT2D eigenvalue weighted by Crippen LogP contribution is 1.82. The number of carbonyl (C=O) groups is 1. The van der Waals surface area contributed by atoms with E-state index in [1.807, 2.05) is 0 Å². The third-order valence-electron chi connectivity index (χ3n) is 1.62. The van der Waals surface area contributed by atoms with Gasteiger partial charge in [-0.1, -0.05) is 5.16 Å². The molecule has 0 rings (SSSR count). The normalized spacial score (nSPS) is 13.9. The maximum Gasteiger partial charge on any atom is 0.236 e. The van der Waals surface area contributed by atoms with Gasteiger partial charge in [-0.2, -0.15) is 0 Å². The van der Waals surface area contributed by atoms with E-state index in [0.29, 0.717) is 0 Å². The molecule has 1 amide bonds. The van der Waals surface area contributed by atoms with Crippen LogP contribution in [0.2, 0.25) is 0 Å². The lowest BCUT2D eigenvalue weighted by molar-refractivity contribution is -0.127. The van der Waals surface area contributed by atoms with Crippen LogP contribution < -0.4 is 11.1 Å². The number of amides is 1. The Balaban J connectivity index is 3.83. The Kier molecular flexibility index (Phi) is 4.83. The molecule has 1 unspecified atom stereocenters. The number of nitrogens with one attached hydrogen (secondary N) is 1. The van der Waals surface area contributed by atoms with E-state index in [1.54, 1.807) is 21.0 Å². The van der Waals surface area contributed by atoms with Crippen LogP contribution in [-0.4, -0.2) is 48.5 Å². The molecule has 13 heavy (non-hydrogen) atoms. The van der Waals surface area contributed by atoms with E-state index in [4.69, 9.17) is 10.9 Å². The predicted octanol–water partition coefficient (Wildman–Crippen LogP) is -1.20. The molecule has 4 N–H and O–H groups in total. The van der Waals surface area contributed by atoms with Crippen molar-refractivity contribution >= 4 is 11.7 Å². The molecule has 0 bridgehead atoms. The zero-order chi connectivity index (χ0) is 10.4. The minimum Gasteiger partial charge on any atom is -0.409 e. The van der Waals surface area contributed by atoms with Crippen LogP contribution in [-0.2, 0) is 4.79 Å². The van der Waals surface area contributed by atoms with Crippen molar-refractivity contribution in [2.24, 2.45) is 10.9 Å². The van der Waals surface area contributed by atoms with E-state index in [2.05, 4.69) is 10.5 Å². The van der Waals surface area contributed by atoms with Crippen LogP contribution in [0, 0.1) is 0 Å². The number of oxime groups is 1. The summed E-state index contributed by atoms with van der Waals surface area (Å²) in [5.74, 6) is 0.00384. The van der Waals surface area contributed by atoms with Crippen LogP contribution in [0.25, 0.3) is 0 Å². The molecule has 0 spiro atoms. The van der Waals surface area contributed by atoms with E-state index in [-0.39, 0.29) is 24.3 Å². The fraction of sp³-hybridized carbons (Fsp3) is 0.714. The van der Waals surface area contributed by atoms with Crippen LogP contribution in [0.4, 0.5) is 0 Å². The molecule has 0 heterocycles. The summed E-state index contributed by atoms with van der Waals surface area (Å²) < 4.78 is 0. The van der Waals surface area contributed by atoms with Crippen molar-refractivity contribution in [3.63, 3.8) is 0 Å². The number of hydrogen-bond acceptors (Lipinski definition) is 4. The number of likely N-dealkylation sites (N-methyl/N-ethyl adjacent to an activating group) is 1. The summed E-state index contributed by atoms with van der Waals surface area (Å²) in [6.07, 6.45) is 0. The molecule has 6 nitrogen and oxygen atoms in total. The Morgan fingerprint density at radius 3 is 2.62 bits per heavy atom. The first-order valence-corrected chi connectivity index (χ1v) is 3.90. The Hall–Kier alpha value is -1.30. The fourth-order valence-corrected chi connectivity index (χ4v) is 0.590. The second kappa shape index (κ2) is 5.36. The minimum absolute atomic E-state index is 0.0578. The highest BCUT2D eigenvalue weighted by atomic mass is 16.4. The second-order valence-corrected chi connectivity index (χ2v) is 2.92. The SMILES string of the molecule is CC(NCC(=O)N(C)C)C(N)=NO. The molecule has 0 aliphatic rings. The molecule has 1 atom stereocenters. The molecule has 0 aliphatic carbocycles. The van der Waals surface area contributed by atoms with Crippen molar-refractivity contribution in [1.29, 1.82) is 0 Å². The standard InChI is InChI=1S/C7H16N4O2/c1-5(7(8)10-13)9-4-6(12)11(2)3/h5,9,13H,4H2,1-3H3,(H2,8,10). The number of amidine groups is 1. The summed E-state index contributed by atoms with van der Waals surface area (Å²) >= 11 is 0. The second-order valence-electron chi connectivity index (χ2n) is 2.92. The van der Waals surface area contributed by atoms with E-state index < -0.39 is 0 Å². The quantitative estimate of drug-likeness (QED) is 0.224. The van der Waals surface area contributed by atoms with Gasteiger partial charge in [0.2, 0.25) is 5.91 Å². The highest BCUT2D eigenvalue weighted by Gasteiger charge is 2.09. The highest BCUT2D eigenvalue weighted by molar-refractivity contribution is 5.85. The lowest BCUT2D eigenvalue weighted by Crippen LogP contribution is -2.43. The molecule has 76 valence electrons. The van der Waals surface area contributed by atoms with Gasteiger partial charge in [0.1, 0.15) is 0 Å². The number of nitrogens with zero attached hydrogens (tertiary/aromatic N) is 2. The molecule has 0 saturated heterocycles. The molecule has 0 radical (unpaired) electrons. The average Bonchev–Trinajstić information content (AvgIpc) is 2.11. The van der Waals surface area contributed by atoms with Crippen molar-refractivity contribution in [3.05, 3.63) is 0 Å². The first-order chi connectivity index (χ1) is 5.99. The smallest absolute Gasteiger partial charge is 0.236 e. The van der Waals surface area contributed by atoms with Crippen LogP contribution in [0.5, 0.6) is 0 Å². The van der Waals surface area contributed by atoms with Crippen molar-refractivity contribution in [2.45, 2.75) is 13.0 Å². The summed E-state index contributed by atoms with van der Waals surface area (Å²) in [5.41, 5.74) is 5.29. The number of rotatable bonds is 4. The van der Waals surface area contributed by atoms with Gasteiger partial charge < -0.3 is 15.8 Å². The van der Waals surface area contributed by atoms with E-state index in [1.165, 1.54) is 4.90 Å². The van der Waals surface area contributed by atoms with E-state index >= 15 is 0 Å². The van der Waals surface area contributed by atoms with Crippen LogP contribution in [0.3, 0.4) is 0 Å². The Morgan fingerprint density at radius 2 is 2.23 bits per heavy atom. The van der Waals surface area contributed by atoms with Crippen molar-refractivity contribution in [2.75, 3.05) is 20.6 Å². The molecule has 0 aromatic heterocycles. The molecule has 0 aromatic carbocycles. The van der Waals surface area contributed by atoms with Gasteiger partial charge in [-0.25, -0.2) is 0 Å². The van der Waals surface area contributed by atoms with Gasteiger partial charge >= 0.3 is 0 Å². The van der Waals surface area contributed by atoms with Crippen LogP contribution >= 0.6 is 0 Å². The van der Waals surface area contributed by atoms with Crippen molar-refractivity contribution < 1.29 is 10.0 Å². The minimum atomic E-state index is -0.311. The van der Waals surface area contributed by atoms with Gasteiger partial charge in [0.15, 0.2) is 5.84 Å². The first kappa shape index (κ1) is 11.7. The summed E-state index contributed by atoms with van der Waals surface area (Å²) in [6, 6.07) is -0.311. The molecule has 0 aromatic rings. The molecule has 0 aliphatic heterocycles. The summed E-state index contributed by atoms with van der Waals surface area (Å²) in [6.45, 7) is 1.88. The fourth-order valence-electron chi connectivity index (χ4n) is 0.590. The van der Waals surface area contributed by atoms with Gasteiger partial charge in [-0.15, -0.1) is 0 Å². The van der Waals surface area contributed by atoms with Crippen molar-refractivity contribution in [3.8, 4) is 0 Å². The maximum atomic E-state index is 11.1. The molecule has 0 saturated carbocycles. The molecular formula is C7H16N4O2. The van der Waals surface area contributed by atoms with E-state index in [9.17, 15) is 4.79 Å². The Morgan fingerprint density at radius 1 is 1.69 bits per heavy atom. The Labute approximate surface area is 77.4 Å². The lowest BCUT2D eigenvalue weighted by Gasteiger charge is -2.14.